The van der Waals surface area contributed by atoms with E-state index in [1.165, 1.54) is 0 Å². The summed E-state index contributed by atoms with van der Waals surface area (Å²) in [5, 5.41) is 7.92. The smallest absolute Gasteiger partial charge is 0.408 e. The van der Waals surface area contributed by atoms with E-state index in [1.807, 2.05) is 94.4 Å². The number of alkyl carbamates (subject to hydrolysis) is 1. The van der Waals surface area contributed by atoms with E-state index in [1.54, 1.807) is 31.7 Å². The van der Waals surface area contributed by atoms with Crippen LogP contribution in [-0.2, 0) is 14.3 Å². The number of hydrogen-bond acceptors (Lipinski definition) is 4. The fourth-order valence-corrected chi connectivity index (χ4v) is 4.89. The summed E-state index contributed by atoms with van der Waals surface area (Å²) in [7, 11) is 0. The fourth-order valence-electron chi connectivity index (χ4n) is 4.89. The van der Waals surface area contributed by atoms with Crippen LogP contribution in [0.5, 0.6) is 0 Å². The topological polar surface area (TPSA) is 87.7 Å². The van der Waals surface area contributed by atoms with Crippen LogP contribution in [0.4, 0.5) is 10.5 Å². The number of amides is 3. The molecular formula is C35H45N3O4. The van der Waals surface area contributed by atoms with Gasteiger partial charge in [0.25, 0.3) is 5.91 Å². The number of anilines is 1. The Morgan fingerprint density at radius 1 is 0.952 bits per heavy atom. The second-order valence-electron chi connectivity index (χ2n) is 12.2. The molecule has 0 spiro atoms. The molecule has 0 radical (unpaired) electrons. The quantitative estimate of drug-likeness (QED) is 0.247. The monoisotopic (exact) mass is 571 g/mol. The van der Waals surface area contributed by atoms with Gasteiger partial charge in [0.05, 0.1) is 0 Å². The Morgan fingerprint density at radius 3 is 2.26 bits per heavy atom. The fraction of sp³-hybridized carbons (Fsp3) is 0.400. The first-order chi connectivity index (χ1) is 19.8. The van der Waals surface area contributed by atoms with E-state index in [0.717, 1.165) is 16.3 Å². The molecule has 42 heavy (non-hydrogen) atoms. The Labute approximate surface area is 250 Å². The molecule has 0 saturated carbocycles. The third-order valence-corrected chi connectivity index (χ3v) is 7.02. The lowest BCUT2D eigenvalue weighted by atomic mass is 9.96. The third kappa shape index (κ3) is 8.68. The van der Waals surface area contributed by atoms with Crippen molar-refractivity contribution in [2.45, 2.75) is 85.0 Å². The molecule has 0 aromatic heterocycles. The maximum atomic E-state index is 14.4. The number of fused-ring (bicyclic) bond motifs is 1. The average molecular weight is 572 g/mol. The van der Waals surface area contributed by atoms with Gasteiger partial charge in [-0.3, -0.25) is 9.59 Å². The SMILES string of the molecule is C=Cc1cccc(C(C(=O)Nc2ccc3ccccc3c2)N(C(=O)C(CC(C)C)NC(=O)OC(C)(C)C)C(C)CC)c1. The largest absolute Gasteiger partial charge is 0.444 e. The summed E-state index contributed by atoms with van der Waals surface area (Å²) in [6.45, 7) is 17.1. The summed E-state index contributed by atoms with van der Waals surface area (Å²) in [5.74, 6) is -0.589. The average Bonchev–Trinajstić information content (AvgIpc) is 2.93. The van der Waals surface area contributed by atoms with Crippen LogP contribution < -0.4 is 10.6 Å². The number of carbonyl (C=O) groups is 3. The van der Waals surface area contributed by atoms with Crippen LogP contribution in [0.2, 0.25) is 0 Å². The van der Waals surface area contributed by atoms with Crippen LogP contribution in [0, 0.1) is 5.92 Å². The van der Waals surface area contributed by atoms with Crippen molar-refractivity contribution in [1.29, 1.82) is 0 Å². The molecule has 7 heteroatoms. The van der Waals surface area contributed by atoms with Gasteiger partial charge >= 0.3 is 6.09 Å². The zero-order chi connectivity index (χ0) is 31.0. The van der Waals surface area contributed by atoms with Crippen molar-refractivity contribution in [2.75, 3.05) is 5.32 Å². The number of ether oxygens (including phenoxy) is 1. The highest BCUT2D eigenvalue weighted by molar-refractivity contribution is 6.00. The normalized spacial score (nSPS) is 13.6. The van der Waals surface area contributed by atoms with Gasteiger partial charge < -0.3 is 20.3 Å². The zero-order valence-electron chi connectivity index (χ0n) is 25.9. The summed E-state index contributed by atoms with van der Waals surface area (Å²) in [6.07, 6.45) is 2.03. The lowest BCUT2D eigenvalue weighted by Gasteiger charge is -2.38. The van der Waals surface area contributed by atoms with E-state index in [9.17, 15) is 14.4 Å². The Bertz CT molecular complexity index is 1410. The predicted octanol–water partition coefficient (Wildman–Crippen LogP) is 7.73. The van der Waals surface area contributed by atoms with Gasteiger partial charge in [0, 0.05) is 11.7 Å². The highest BCUT2D eigenvalue weighted by atomic mass is 16.6. The van der Waals surface area contributed by atoms with Crippen molar-refractivity contribution in [3.8, 4) is 0 Å². The number of nitrogens with zero attached hydrogens (tertiary/aromatic N) is 1. The highest BCUT2D eigenvalue weighted by Crippen LogP contribution is 2.30. The molecule has 0 heterocycles. The minimum atomic E-state index is -0.964. The number of rotatable bonds is 11. The highest BCUT2D eigenvalue weighted by Gasteiger charge is 2.39. The van der Waals surface area contributed by atoms with Gasteiger partial charge in [-0.25, -0.2) is 4.79 Å². The maximum Gasteiger partial charge on any atom is 0.408 e. The lowest BCUT2D eigenvalue weighted by Crippen LogP contribution is -2.55. The van der Waals surface area contributed by atoms with Crippen molar-refractivity contribution in [2.24, 2.45) is 5.92 Å². The molecule has 3 atom stereocenters. The first-order valence-electron chi connectivity index (χ1n) is 14.7. The summed E-state index contributed by atoms with van der Waals surface area (Å²) >= 11 is 0. The molecule has 0 fully saturated rings. The molecule has 3 rings (SSSR count). The van der Waals surface area contributed by atoms with Crippen molar-refractivity contribution in [3.05, 3.63) is 84.4 Å². The Balaban J connectivity index is 2.08. The summed E-state index contributed by atoms with van der Waals surface area (Å²) in [4.78, 5) is 43.1. The van der Waals surface area contributed by atoms with Crippen LogP contribution in [0.1, 0.15) is 78.5 Å². The second-order valence-corrected chi connectivity index (χ2v) is 12.2. The van der Waals surface area contributed by atoms with E-state index in [2.05, 4.69) is 17.2 Å². The van der Waals surface area contributed by atoms with Gasteiger partial charge in [-0.1, -0.05) is 82.0 Å². The van der Waals surface area contributed by atoms with Crippen molar-refractivity contribution < 1.29 is 19.1 Å². The van der Waals surface area contributed by atoms with Crippen molar-refractivity contribution in [3.63, 3.8) is 0 Å². The van der Waals surface area contributed by atoms with Gasteiger partial charge in [0.2, 0.25) is 5.91 Å². The van der Waals surface area contributed by atoms with Gasteiger partial charge in [0.1, 0.15) is 17.7 Å². The first-order valence-corrected chi connectivity index (χ1v) is 14.7. The predicted molar refractivity (Wildman–Crippen MR) is 171 cm³/mol. The lowest BCUT2D eigenvalue weighted by molar-refractivity contribution is -0.143. The van der Waals surface area contributed by atoms with E-state index in [-0.39, 0.29) is 23.8 Å². The van der Waals surface area contributed by atoms with Crippen LogP contribution in [0.15, 0.2) is 73.3 Å². The molecule has 3 unspecified atom stereocenters. The summed E-state index contributed by atoms with van der Waals surface area (Å²) in [6, 6.07) is 19.0. The van der Waals surface area contributed by atoms with Gasteiger partial charge in [0.15, 0.2) is 0 Å². The van der Waals surface area contributed by atoms with Crippen LogP contribution in [0.25, 0.3) is 16.8 Å². The molecule has 3 aromatic carbocycles. The second kappa shape index (κ2) is 14.2. The number of carbonyl (C=O) groups excluding carboxylic acids is 3. The molecule has 2 N–H and O–H groups in total. The van der Waals surface area contributed by atoms with E-state index in [4.69, 9.17) is 4.74 Å². The Hall–Kier alpha value is -4.13. The molecule has 0 saturated heterocycles. The van der Waals surface area contributed by atoms with Gasteiger partial charge in [-0.15, -0.1) is 0 Å². The van der Waals surface area contributed by atoms with Crippen LogP contribution in [-0.4, -0.2) is 40.5 Å². The van der Waals surface area contributed by atoms with Crippen molar-refractivity contribution in [1.82, 2.24) is 10.2 Å². The molecule has 0 aliphatic carbocycles. The number of hydrogen-bond donors (Lipinski definition) is 2. The molecule has 7 nitrogen and oxygen atoms in total. The van der Waals surface area contributed by atoms with Gasteiger partial charge in [-0.2, -0.15) is 0 Å². The molecular weight excluding hydrogens is 526 g/mol. The van der Waals surface area contributed by atoms with Crippen LogP contribution >= 0.6 is 0 Å². The van der Waals surface area contributed by atoms with Gasteiger partial charge in [-0.05, 0) is 86.6 Å². The minimum absolute atomic E-state index is 0.0987. The van der Waals surface area contributed by atoms with E-state index in [0.29, 0.717) is 24.1 Å². The molecule has 0 aliphatic heterocycles. The molecule has 3 aromatic rings. The molecule has 224 valence electrons. The van der Waals surface area contributed by atoms with Crippen molar-refractivity contribution >= 4 is 40.4 Å². The Kier molecular flexibility index (Phi) is 10.9. The van der Waals surface area contributed by atoms with E-state index < -0.39 is 23.8 Å². The minimum Gasteiger partial charge on any atom is -0.444 e. The molecule has 0 bridgehead atoms. The number of nitrogens with one attached hydrogen (secondary N) is 2. The first kappa shape index (κ1) is 32.4. The summed E-state index contributed by atoms with van der Waals surface area (Å²) in [5.41, 5.74) is 1.39. The third-order valence-electron chi connectivity index (χ3n) is 7.02. The molecule has 3 amide bonds. The maximum absolute atomic E-state index is 14.4. The number of benzene rings is 3. The Morgan fingerprint density at radius 2 is 1.64 bits per heavy atom. The zero-order valence-corrected chi connectivity index (χ0v) is 25.9. The van der Waals surface area contributed by atoms with E-state index >= 15 is 0 Å². The summed E-state index contributed by atoms with van der Waals surface area (Å²) < 4.78 is 5.49. The molecule has 0 aliphatic rings. The van der Waals surface area contributed by atoms with Crippen LogP contribution in [0.3, 0.4) is 0 Å². The standard InChI is InChI=1S/C35H45N3O4/c1-9-24(5)38(33(40)30(20-23(3)4)37-34(41)42-35(6,7)8)31(28-17-13-14-25(10-2)21-28)32(39)36-29-19-18-26-15-11-12-16-27(26)22-29/h10-19,21-24,30-31H,2,9,20H2,1,3-8H3,(H,36,39)(H,37,41).